The minimum Gasteiger partial charge on any atom is -0.668 e. The predicted molar refractivity (Wildman–Crippen MR) is 561 cm³/mol. The first kappa shape index (κ1) is 133. The van der Waals surface area contributed by atoms with Crippen molar-refractivity contribution in [2.45, 2.75) is 329 Å². The number of nitro groups is 1. The fourth-order valence-corrected chi connectivity index (χ4v) is 37.6. The zero-order chi connectivity index (χ0) is 91.0. The van der Waals surface area contributed by atoms with E-state index in [0.29, 0.717) is 147 Å². The molecule has 21 nitrogen and oxygen atoms in total. The van der Waals surface area contributed by atoms with Gasteiger partial charge in [0.05, 0.1) is 7.05 Å². The van der Waals surface area contributed by atoms with Crippen LogP contribution in [0.3, 0.4) is 0 Å². The number of aromatic nitrogens is 2. The van der Waals surface area contributed by atoms with Gasteiger partial charge in [0.25, 0.3) is 0 Å². The number of rotatable bonds is 48. The second kappa shape index (κ2) is 69.6. The summed E-state index contributed by atoms with van der Waals surface area (Å²) in [6.07, 6.45) is 38.3. The van der Waals surface area contributed by atoms with E-state index in [2.05, 4.69) is 67.1 Å². The van der Waals surface area contributed by atoms with Crippen LogP contribution in [0.15, 0.2) is 6.20 Å². The molecule has 0 unspecified atom stereocenters. The van der Waals surface area contributed by atoms with E-state index in [4.69, 9.17) is 210 Å². The first-order valence-corrected chi connectivity index (χ1v) is 70.8. The van der Waals surface area contributed by atoms with Crippen LogP contribution in [0.1, 0.15) is 234 Å². The van der Waals surface area contributed by atoms with E-state index in [1.165, 1.54) is 107 Å². The van der Waals surface area contributed by atoms with E-state index < -0.39 is 54.7 Å². The molecule has 1 aromatic rings. The van der Waals surface area contributed by atoms with E-state index in [1.807, 2.05) is 28.0 Å². The summed E-state index contributed by atoms with van der Waals surface area (Å²) < 4.78 is 89.0. The fourth-order valence-electron chi connectivity index (χ4n) is 12.6. The minimum absolute atomic E-state index is 0. The number of alkyl halides is 12. The van der Waals surface area contributed by atoms with Gasteiger partial charge in [-0.2, -0.15) is 0 Å². The fraction of sp³-hybridized carbons (Fsp3) is 0.962. The molecule has 0 radical (unpaired) electrons. The largest absolute Gasteiger partial charge is 1.00 e. The summed E-state index contributed by atoms with van der Waals surface area (Å²) in [6, 6.07) is 2.98. The summed E-state index contributed by atoms with van der Waals surface area (Å²) in [6.45, 7) is 14.3. The molecule has 0 amide bonds. The minimum atomic E-state index is -3.37. The number of nitrogens with two attached hydrogens (primary N) is 1. The maximum Gasteiger partial charge on any atom is 1.00 e. The Bertz CT molecular complexity index is 3000. The predicted octanol–water partition coefficient (Wildman–Crippen LogP) is 28.5. The van der Waals surface area contributed by atoms with Crippen LogP contribution in [0.2, 0.25) is 39.3 Å². The van der Waals surface area contributed by atoms with Crippen LogP contribution in [0.4, 0.5) is 5.95 Å². The van der Waals surface area contributed by atoms with E-state index in [1.54, 1.807) is 16.4 Å². The number of halogens is 18. The molecule has 0 aliphatic heterocycles. The van der Waals surface area contributed by atoms with Gasteiger partial charge in [-0.25, -0.2) is 41.9 Å². The zero-order valence-electron chi connectivity index (χ0n) is 73.5. The van der Waals surface area contributed by atoms with Crippen LogP contribution in [0.5, 0.6) is 0 Å². The van der Waals surface area contributed by atoms with Gasteiger partial charge in [-0.1, -0.05) is 144 Å². The second-order valence-electron chi connectivity index (χ2n) is 34.4. The summed E-state index contributed by atoms with van der Waals surface area (Å²) in [5.74, 6) is 2.71. The Morgan fingerprint density at radius 3 is 0.816 bits per heavy atom. The molecule has 13 rings (SSSR count). The molecule has 1 heterocycles. The third-order valence-electron chi connectivity index (χ3n) is 20.2. The molecule has 0 saturated heterocycles. The quantitative estimate of drug-likeness (QED) is 0.0211. The molecule has 12 fully saturated rings. The first-order chi connectivity index (χ1) is 57.1. The monoisotopic (exact) mass is 2290 g/mol. The second-order valence-corrected chi connectivity index (χ2v) is 67.1. The van der Waals surface area contributed by atoms with Crippen molar-refractivity contribution >= 4 is 267 Å². The smallest absolute Gasteiger partial charge is 0.668 e. The molecule has 12 saturated carbocycles. The van der Waals surface area contributed by atoms with Crippen LogP contribution >= 0.6 is 244 Å². The molecule has 12 aliphatic rings. The molecule has 740 valence electrons. The molecule has 0 atom stereocenters. The first-order valence-electron chi connectivity index (χ1n) is 43.4. The van der Waals surface area contributed by atoms with Gasteiger partial charge < -0.3 is 20.5 Å². The average Bonchev–Trinajstić information content (AvgIpc) is 1.68. The molecule has 0 spiro atoms. The Morgan fingerprint density at radius 1 is 0.440 bits per heavy atom. The van der Waals surface area contributed by atoms with Gasteiger partial charge in [-0.3, -0.25) is 27.3 Å². The number of hydrogen-bond donors (Lipinski definition) is 1. The third-order valence-corrected chi connectivity index (χ3v) is 42.9. The molecular formula is C78H155BrCl17LiN13O8P5Si2. The van der Waals surface area contributed by atoms with Crippen molar-refractivity contribution in [1.82, 2.24) is 46.9 Å². The van der Waals surface area contributed by atoms with Gasteiger partial charge in [-0.15, -0.1) is 128 Å². The van der Waals surface area contributed by atoms with Crippen molar-refractivity contribution in [3.05, 3.63) is 26.7 Å². The van der Waals surface area contributed by atoms with Crippen molar-refractivity contribution in [1.29, 1.82) is 0 Å². The topological polar surface area (TPSA) is 222 Å². The normalized spacial score (nSPS) is 18.6. The third kappa shape index (κ3) is 60.1. The van der Waals surface area contributed by atoms with Crippen LogP contribution in [0.25, 0.3) is 4.65 Å². The van der Waals surface area contributed by atoms with Crippen molar-refractivity contribution in [2.75, 3.05) is 122 Å². The Balaban J connectivity index is 0. The van der Waals surface area contributed by atoms with Crippen molar-refractivity contribution in [2.24, 2.45) is 30.5 Å². The zero-order valence-corrected chi connectivity index (χ0v) is 94.4. The van der Waals surface area contributed by atoms with E-state index in [-0.39, 0.29) is 65.8 Å². The van der Waals surface area contributed by atoms with Crippen molar-refractivity contribution < 1.29 is 51.1 Å². The van der Waals surface area contributed by atoms with Gasteiger partial charge in [0.2, 0.25) is 0 Å². The van der Waals surface area contributed by atoms with Gasteiger partial charge in [0.1, 0.15) is 18.5 Å². The Hall–Kier alpha value is 5.76. The Morgan fingerprint density at radius 2 is 0.656 bits per heavy atom. The summed E-state index contributed by atoms with van der Waals surface area (Å²) in [5.41, 5.74) is 5.71. The number of nitrogens with zero attached hydrogens (tertiary/aromatic N) is 12. The van der Waals surface area contributed by atoms with Crippen LogP contribution in [-0.2, 0) is 41.0 Å². The SMILES string of the molecule is C.C.C.CCCBr.C[Si](C)(C)[N-][Si](C)(C)C.ClCCCC1CC1.ClCCCC1CC1.ClCCCC1CC1.Cn1c(COP(=O)(N(CCCl)C2CC2)N(CCCl)C2CC2)cnc1[N+](=O)[O-].NC1CC1.O=P(Cl)(Cl)N(CCCl)C1CC1.O=P(Cl)(Cl)N(CCCl)C1CC1.O=P(Cl)(N(CCCl)C1CC1)N(CCCl)C1CC1.O=P(Cl)(N(CCCl)C1CC1)N(CCCl)C1CC1.[Li+]. The summed E-state index contributed by atoms with van der Waals surface area (Å²) >= 11 is 101. The maximum absolute atomic E-state index is 14.1. The van der Waals surface area contributed by atoms with Crippen LogP contribution in [0, 0.1) is 27.9 Å². The van der Waals surface area contributed by atoms with Crippen LogP contribution in [-0.4, -0.2) is 245 Å². The Kier molecular flexibility index (Phi) is 74.0. The standard InChI is InChI=1S/C15H24Cl2N5O4P.2C10H18Cl3N2OP.3C6H11Cl.C6H18NSi2.2C5H9Cl3NOP.C3H7Br.C3H7N.3CH4.Li/c1-19-14(10-18-15(19)22(23)24)11-26-27(25,20(8-6-16)12-2-3-12)21(9-7-17)13-4-5-13;2*11-5-7-14(9-1-2-9)17(13,16)15(8-6-12)10-3-4-10;3*7-5-1-2-6-3-4-6;1-8(2,3)7-9(4,5)6;2*6-3-4-9(5-1-2-5)11(7,8)10;1-2-3-4;4-3-1-2-3;;;;/h10,12-13H,2-9,11H2,1H3;2*9-10H,1-8H2;3*6H,1-5H2;1-6H3;2*5H,1-4H2;2-3H2,1H3;3H,1-2,4H2;3*1H4;/q;;;;;;-1;;;;;;;;+1. The summed E-state index contributed by atoms with van der Waals surface area (Å²) in [7, 11) is -4.04. The maximum atomic E-state index is 14.1. The average molecular weight is 2300 g/mol. The van der Waals surface area contributed by atoms with Crippen molar-refractivity contribution in [3.8, 4) is 0 Å². The van der Waals surface area contributed by atoms with Crippen LogP contribution < -0.4 is 24.6 Å². The van der Waals surface area contributed by atoms with Gasteiger partial charge in [-0.05, 0) is 251 Å². The molecule has 0 bridgehead atoms. The van der Waals surface area contributed by atoms with E-state index in [9.17, 15) is 32.9 Å². The molecule has 12 aliphatic carbocycles. The van der Waals surface area contributed by atoms with E-state index >= 15 is 0 Å². The molecule has 125 heavy (non-hydrogen) atoms. The molecule has 0 aromatic carbocycles. The molecular weight excluding hydrogens is 2150 g/mol. The van der Waals surface area contributed by atoms with E-state index in [0.717, 1.165) is 143 Å². The van der Waals surface area contributed by atoms with Gasteiger partial charge in [0.15, 0.2) is 0 Å². The summed E-state index contributed by atoms with van der Waals surface area (Å²) in [5, 5.41) is 12.1. The molecule has 47 heteroatoms. The molecule has 1 aromatic heterocycles. The van der Waals surface area contributed by atoms with Gasteiger partial charge in [0, 0.05) is 177 Å². The van der Waals surface area contributed by atoms with Gasteiger partial charge >= 0.3 is 58.1 Å². The van der Waals surface area contributed by atoms with Crippen molar-refractivity contribution in [3.63, 3.8) is 0 Å². The Labute approximate surface area is 863 Å². The number of hydrogen-bond acceptors (Lipinski definition) is 10. The molecule has 2 N–H and O–H groups in total. The number of imidazole rings is 1. The summed E-state index contributed by atoms with van der Waals surface area (Å²) in [4.78, 5) is 14.2.